The molecule has 0 spiro atoms. The van der Waals surface area contributed by atoms with Gasteiger partial charge in [-0.15, -0.1) is 0 Å². The fourth-order valence-corrected chi connectivity index (χ4v) is 3.97. The monoisotopic (exact) mass is 316 g/mol. The molecule has 1 aromatic heterocycles. The van der Waals surface area contributed by atoms with E-state index in [0.29, 0.717) is 11.5 Å². The van der Waals surface area contributed by atoms with Crippen molar-refractivity contribution in [3.8, 4) is 0 Å². The Balaban J connectivity index is 1.65. The zero-order chi connectivity index (χ0) is 16.1. The molecule has 5 nitrogen and oxygen atoms in total. The highest BCUT2D eigenvalue weighted by atomic mass is 16.1. The van der Waals surface area contributed by atoms with Crippen molar-refractivity contribution in [2.45, 2.75) is 38.5 Å². The molecule has 2 aliphatic heterocycles. The van der Waals surface area contributed by atoms with Crippen molar-refractivity contribution < 1.29 is 4.79 Å². The van der Waals surface area contributed by atoms with Gasteiger partial charge in [0.25, 0.3) is 5.91 Å². The van der Waals surface area contributed by atoms with Gasteiger partial charge in [-0.2, -0.15) is 0 Å². The van der Waals surface area contributed by atoms with Crippen LogP contribution in [0.5, 0.6) is 0 Å². The zero-order valence-corrected chi connectivity index (χ0v) is 13.9. The first kappa shape index (κ1) is 16.2. The van der Waals surface area contributed by atoms with Gasteiger partial charge < -0.3 is 15.5 Å². The fourth-order valence-electron chi connectivity index (χ4n) is 3.97. The Bertz CT molecular complexity index is 526. The Hall–Kier alpha value is -1.62. The van der Waals surface area contributed by atoms with Gasteiger partial charge in [0, 0.05) is 32.0 Å². The number of hydrogen-bond acceptors (Lipinski definition) is 4. The number of amides is 1. The van der Waals surface area contributed by atoms with E-state index in [1.807, 2.05) is 6.07 Å². The van der Waals surface area contributed by atoms with Crippen molar-refractivity contribution >= 4 is 11.6 Å². The van der Waals surface area contributed by atoms with E-state index >= 15 is 0 Å². The number of rotatable bonds is 4. The third-order valence-corrected chi connectivity index (χ3v) is 5.14. The molecular weight excluding hydrogens is 288 g/mol. The maximum absolute atomic E-state index is 11.6. The van der Waals surface area contributed by atoms with E-state index in [1.165, 1.54) is 58.2 Å². The van der Waals surface area contributed by atoms with Gasteiger partial charge in [0.15, 0.2) is 0 Å². The van der Waals surface area contributed by atoms with E-state index in [1.54, 1.807) is 12.4 Å². The first-order chi connectivity index (χ1) is 11.2. The lowest BCUT2D eigenvalue weighted by atomic mass is 9.96. The molecule has 1 atom stereocenters. The average Bonchev–Trinajstić information content (AvgIpc) is 2.84. The Morgan fingerprint density at radius 2 is 1.96 bits per heavy atom. The van der Waals surface area contributed by atoms with E-state index in [4.69, 9.17) is 5.73 Å². The van der Waals surface area contributed by atoms with Gasteiger partial charge in [0.05, 0.1) is 11.3 Å². The molecule has 3 heterocycles. The molecular formula is C18H28N4O. The first-order valence-corrected chi connectivity index (χ1v) is 8.95. The van der Waals surface area contributed by atoms with Crippen LogP contribution in [0.1, 0.15) is 48.9 Å². The van der Waals surface area contributed by atoms with Gasteiger partial charge >= 0.3 is 0 Å². The van der Waals surface area contributed by atoms with Crippen molar-refractivity contribution in [2.24, 2.45) is 11.7 Å². The molecule has 2 saturated heterocycles. The number of likely N-dealkylation sites (tertiary alicyclic amines) is 1. The van der Waals surface area contributed by atoms with Crippen LogP contribution in [0.2, 0.25) is 0 Å². The predicted octanol–water partition coefficient (Wildman–Crippen LogP) is 2.27. The lowest BCUT2D eigenvalue weighted by Gasteiger charge is -2.37. The average molecular weight is 316 g/mol. The molecule has 0 aliphatic carbocycles. The number of aromatic nitrogens is 1. The molecule has 0 bridgehead atoms. The van der Waals surface area contributed by atoms with Crippen LogP contribution in [0.4, 0.5) is 5.69 Å². The molecule has 1 unspecified atom stereocenters. The number of nitrogens with zero attached hydrogens (tertiary/aromatic N) is 3. The molecule has 1 amide bonds. The number of hydrogen-bond donors (Lipinski definition) is 1. The van der Waals surface area contributed by atoms with Crippen LogP contribution < -0.4 is 10.6 Å². The predicted molar refractivity (Wildman–Crippen MR) is 92.6 cm³/mol. The summed E-state index contributed by atoms with van der Waals surface area (Å²) in [6.07, 6.45) is 11.2. The molecule has 5 heteroatoms. The second kappa shape index (κ2) is 7.77. The topological polar surface area (TPSA) is 62.5 Å². The summed E-state index contributed by atoms with van der Waals surface area (Å²) in [6.45, 7) is 5.70. The van der Waals surface area contributed by atoms with Gasteiger partial charge in [-0.3, -0.25) is 9.78 Å². The number of carbonyl (C=O) groups excluding carboxylic acids is 1. The van der Waals surface area contributed by atoms with Crippen molar-refractivity contribution in [1.82, 2.24) is 9.88 Å². The van der Waals surface area contributed by atoms with E-state index < -0.39 is 0 Å². The molecule has 0 radical (unpaired) electrons. The molecule has 2 N–H and O–H groups in total. The standard InChI is InChI=1S/C18H28N4O/c19-18(23)16-12-20-8-7-17(16)22-11-5-6-15(14-22)13-21-9-3-1-2-4-10-21/h7-8,12,15H,1-6,9-11,13-14H2,(H2,19,23). The number of carbonyl (C=O) groups is 1. The highest BCUT2D eigenvalue weighted by Gasteiger charge is 2.24. The summed E-state index contributed by atoms with van der Waals surface area (Å²) in [5, 5.41) is 0. The van der Waals surface area contributed by atoms with E-state index in [2.05, 4.69) is 14.8 Å². The van der Waals surface area contributed by atoms with Crippen LogP contribution in [0.15, 0.2) is 18.5 Å². The first-order valence-electron chi connectivity index (χ1n) is 8.95. The van der Waals surface area contributed by atoms with Crippen LogP contribution in [0, 0.1) is 5.92 Å². The Kier molecular flexibility index (Phi) is 5.49. The summed E-state index contributed by atoms with van der Waals surface area (Å²) < 4.78 is 0. The van der Waals surface area contributed by atoms with Crippen LogP contribution in [-0.4, -0.2) is 48.5 Å². The molecule has 23 heavy (non-hydrogen) atoms. The SMILES string of the molecule is NC(=O)c1cnccc1N1CCCC(CN2CCCCCC2)C1. The third kappa shape index (κ3) is 4.22. The van der Waals surface area contributed by atoms with Crippen LogP contribution in [0.3, 0.4) is 0 Å². The quantitative estimate of drug-likeness (QED) is 0.925. The fraction of sp³-hybridized carbons (Fsp3) is 0.667. The second-order valence-electron chi connectivity index (χ2n) is 6.93. The summed E-state index contributed by atoms with van der Waals surface area (Å²) in [5.74, 6) is 0.290. The Morgan fingerprint density at radius 3 is 2.70 bits per heavy atom. The number of piperidine rings is 1. The Labute approximate surface area is 138 Å². The molecule has 2 aliphatic rings. The van der Waals surface area contributed by atoms with Crippen LogP contribution >= 0.6 is 0 Å². The van der Waals surface area contributed by atoms with Crippen molar-refractivity contribution in [1.29, 1.82) is 0 Å². The van der Waals surface area contributed by atoms with Crippen LogP contribution in [-0.2, 0) is 0 Å². The molecule has 2 fully saturated rings. The van der Waals surface area contributed by atoms with Crippen molar-refractivity contribution in [3.63, 3.8) is 0 Å². The normalized spacial score (nSPS) is 23.5. The molecule has 0 saturated carbocycles. The lowest BCUT2D eigenvalue weighted by molar-refractivity contribution is 0.1000. The zero-order valence-electron chi connectivity index (χ0n) is 13.9. The van der Waals surface area contributed by atoms with E-state index in [0.717, 1.165) is 18.8 Å². The summed E-state index contributed by atoms with van der Waals surface area (Å²) in [4.78, 5) is 20.7. The molecule has 1 aromatic rings. The summed E-state index contributed by atoms with van der Waals surface area (Å²) >= 11 is 0. The number of anilines is 1. The summed E-state index contributed by atoms with van der Waals surface area (Å²) in [7, 11) is 0. The second-order valence-corrected chi connectivity index (χ2v) is 6.93. The van der Waals surface area contributed by atoms with Crippen LogP contribution in [0.25, 0.3) is 0 Å². The summed E-state index contributed by atoms with van der Waals surface area (Å²) in [5.41, 5.74) is 7.01. The van der Waals surface area contributed by atoms with Gasteiger partial charge in [0.1, 0.15) is 0 Å². The van der Waals surface area contributed by atoms with E-state index in [-0.39, 0.29) is 5.91 Å². The molecule has 3 rings (SSSR count). The summed E-state index contributed by atoms with van der Waals surface area (Å²) in [6, 6.07) is 1.93. The highest BCUT2D eigenvalue weighted by Crippen LogP contribution is 2.26. The van der Waals surface area contributed by atoms with E-state index in [9.17, 15) is 4.79 Å². The third-order valence-electron chi connectivity index (χ3n) is 5.14. The smallest absolute Gasteiger partial charge is 0.252 e. The molecule has 0 aromatic carbocycles. The minimum Gasteiger partial charge on any atom is -0.370 e. The number of primary amides is 1. The number of nitrogens with two attached hydrogens (primary N) is 1. The van der Waals surface area contributed by atoms with Gasteiger partial charge in [0.2, 0.25) is 0 Å². The maximum Gasteiger partial charge on any atom is 0.252 e. The van der Waals surface area contributed by atoms with Gasteiger partial charge in [-0.25, -0.2) is 0 Å². The van der Waals surface area contributed by atoms with Crippen molar-refractivity contribution in [3.05, 3.63) is 24.0 Å². The largest absolute Gasteiger partial charge is 0.370 e. The minimum atomic E-state index is -0.386. The highest BCUT2D eigenvalue weighted by molar-refractivity contribution is 5.98. The van der Waals surface area contributed by atoms with Gasteiger partial charge in [-0.05, 0) is 50.8 Å². The number of pyridine rings is 1. The van der Waals surface area contributed by atoms with Crippen molar-refractivity contribution in [2.75, 3.05) is 37.6 Å². The molecule has 126 valence electrons. The minimum absolute atomic E-state index is 0.386. The lowest BCUT2D eigenvalue weighted by Crippen LogP contribution is -2.42. The maximum atomic E-state index is 11.6. The Morgan fingerprint density at radius 1 is 1.17 bits per heavy atom. The van der Waals surface area contributed by atoms with Gasteiger partial charge in [-0.1, -0.05) is 12.8 Å².